The molecular formula is C32H45IO3Si. The number of halogens is 1. The first kappa shape index (κ1) is 30.3. The zero-order chi connectivity index (χ0) is 27.6. The molecule has 0 radical (unpaired) electrons. The van der Waals surface area contributed by atoms with E-state index in [9.17, 15) is 4.79 Å². The third-order valence-corrected chi connectivity index (χ3v) is 15.5. The van der Waals surface area contributed by atoms with E-state index in [1.165, 1.54) is 14.7 Å². The summed E-state index contributed by atoms with van der Waals surface area (Å²) in [5.41, 5.74) is 3.69. The zero-order valence-corrected chi connectivity index (χ0v) is 27.4. The Bertz CT molecular complexity index is 1130. The van der Waals surface area contributed by atoms with Crippen molar-refractivity contribution in [3.63, 3.8) is 0 Å². The van der Waals surface area contributed by atoms with Gasteiger partial charge in [-0.3, -0.25) is 4.79 Å². The highest BCUT2D eigenvalue weighted by molar-refractivity contribution is 14.1. The normalized spacial score (nSPS) is 21.1. The van der Waals surface area contributed by atoms with Crippen molar-refractivity contribution < 1.29 is 14.0 Å². The van der Waals surface area contributed by atoms with Gasteiger partial charge in [0.15, 0.2) is 14.1 Å². The van der Waals surface area contributed by atoms with Gasteiger partial charge in [0.1, 0.15) is 0 Å². The van der Waals surface area contributed by atoms with Gasteiger partial charge in [0.25, 0.3) is 0 Å². The van der Waals surface area contributed by atoms with E-state index < -0.39 is 13.9 Å². The summed E-state index contributed by atoms with van der Waals surface area (Å²) in [6.07, 6.45) is 2.38. The molecule has 0 aromatic heterocycles. The number of rotatable bonds is 9. The van der Waals surface area contributed by atoms with Crippen LogP contribution in [0.3, 0.4) is 0 Å². The lowest BCUT2D eigenvalue weighted by Gasteiger charge is -2.52. The number of carbonyl (C=O) groups excluding carboxylic acids is 1. The van der Waals surface area contributed by atoms with Crippen LogP contribution in [-0.4, -0.2) is 19.7 Å². The highest BCUT2D eigenvalue weighted by Gasteiger charge is 2.53. The van der Waals surface area contributed by atoms with E-state index in [0.717, 1.165) is 24.0 Å². The molecule has 2 aromatic rings. The minimum atomic E-state index is -2.17. The molecular weight excluding hydrogens is 587 g/mol. The zero-order valence-electron chi connectivity index (χ0n) is 24.2. The molecule has 1 aliphatic carbocycles. The maximum Gasteiger partial charge on any atom is 0.192 e. The first-order valence-electron chi connectivity index (χ1n) is 13.4. The fourth-order valence-corrected chi connectivity index (χ4v) is 7.19. The van der Waals surface area contributed by atoms with Gasteiger partial charge in [-0.2, -0.15) is 0 Å². The van der Waals surface area contributed by atoms with Gasteiger partial charge in [-0.05, 0) is 82.1 Å². The van der Waals surface area contributed by atoms with Crippen LogP contribution >= 0.6 is 22.6 Å². The fourth-order valence-electron chi connectivity index (χ4n) is 5.15. The number of Topliss-reactive ketones (excluding diaryl/α,β-unsaturated/α-hetero) is 1. The van der Waals surface area contributed by atoms with Crippen molar-refractivity contribution in [2.45, 2.75) is 104 Å². The van der Waals surface area contributed by atoms with E-state index in [2.05, 4.69) is 108 Å². The smallest absolute Gasteiger partial charge is 0.192 e. The summed E-state index contributed by atoms with van der Waals surface area (Å²) in [6.45, 7) is 20.5. The average Bonchev–Trinajstić information content (AvgIpc) is 2.83. The third-order valence-electron chi connectivity index (χ3n) is 8.77. The predicted octanol–water partition coefficient (Wildman–Crippen LogP) is 9.83. The molecule has 3 rings (SSSR count). The van der Waals surface area contributed by atoms with Crippen LogP contribution in [0.2, 0.25) is 18.1 Å². The maximum atomic E-state index is 12.8. The molecule has 0 fully saturated rings. The van der Waals surface area contributed by atoms with Crippen LogP contribution < -0.4 is 0 Å². The van der Waals surface area contributed by atoms with Crippen molar-refractivity contribution in [3.8, 4) is 0 Å². The molecule has 2 aromatic carbocycles. The minimum absolute atomic E-state index is 0.0431. The van der Waals surface area contributed by atoms with E-state index in [1.54, 1.807) is 6.92 Å². The summed E-state index contributed by atoms with van der Waals surface area (Å²) in [5, 5.41) is 0.0431. The van der Waals surface area contributed by atoms with Crippen LogP contribution in [0.15, 0.2) is 63.8 Å². The molecule has 3 nitrogen and oxygen atoms in total. The Kier molecular flexibility index (Phi) is 9.36. The summed E-state index contributed by atoms with van der Waals surface area (Å²) < 4.78 is 15.6. The summed E-state index contributed by atoms with van der Waals surface area (Å²) in [4.78, 5) is 12.8. The molecule has 0 bridgehead atoms. The Morgan fingerprint density at radius 1 is 1.05 bits per heavy atom. The van der Waals surface area contributed by atoms with Gasteiger partial charge in [-0.25, -0.2) is 0 Å². The quantitative estimate of drug-likeness (QED) is 0.157. The molecule has 0 saturated carbocycles. The van der Waals surface area contributed by atoms with Gasteiger partial charge in [0.2, 0.25) is 0 Å². The van der Waals surface area contributed by atoms with Gasteiger partial charge < -0.3 is 9.16 Å². The maximum absolute atomic E-state index is 12.8. The van der Waals surface area contributed by atoms with Crippen molar-refractivity contribution in [2.24, 2.45) is 5.41 Å². The number of hydrogen-bond acceptors (Lipinski definition) is 3. The highest BCUT2D eigenvalue weighted by Crippen LogP contribution is 2.56. The number of ketones is 1. The van der Waals surface area contributed by atoms with E-state index >= 15 is 0 Å². The third kappa shape index (κ3) is 6.48. The van der Waals surface area contributed by atoms with Crippen LogP contribution in [0.4, 0.5) is 0 Å². The largest absolute Gasteiger partial charge is 0.410 e. The first-order chi connectivity index (χ1) is 17.1. The second kappa shape index (κ2) is 11.4. The summed E-state index contributed by atoms with van der Waals surface area (Å²) in [5.74, 6) is 0.0758. The summed E-state index contributed by atoms with van der Waals surface area (Å²) in [6, 6.07) is 18.4. The van der Waals surface area contributed by atoms with Crippen molar-refractivity contribution in [1.29, 1.82) is 0 Å². The van der Waals surface area contributed by atoms with Crippen molar-refractivity contribution in [1.82, 2.24) is 0 Å². The lowest BCUT2D eigenvalue weighted by atomic mass is 9.64. The van der Waals surface area contributed by atoms with Crippen LogP contribution in [0.1, 0.15) is 95.3 Å². The Morgan fingerprint density at radius 2 is 1.65 bits per heavy atom. The Morgan fingerprint density at radius 3 is 2.24 bits per heavy atom. The Labute approximate surface area is 239 Å². The molecule has 0 aliphatic heterocycles. The topological polar surface area (TPSA) is 35.5 Å². The molecule has 202 valence electrons. The van der Waals surface area contributed by atoms with Gasteiger partial charge in [0, 0.05) is 17.4 Å². The Balaban J connectivity index is 2.14. The standard InChI is InChI=1S/C32H45IO3Si/c1-23-19-20-32(31(6,7)29(23)33,35-22-25-15-11-10-12-16-25)21-28(36-37(8,9)30(3,4)5)27-18-14-13-17-26(27)24(2)34/h10-18,28H,19-22H2,1-9H3/t28-,32+/m0/s1. The van der Waals surface area contributed by atoms with E-state index in [1.807, 2.05) is 24.3 Å². The second-order valence-corrected chi connectivity index (χ2v) is 18.5. The molecule has 1 aliphatic rings. The van der Waals surface area contributed by atoms with Gasteiger partial charge in [0.05, 0.1) is 18.3 Å². The Hall–Kier alpha value is -1.28. The fraction of sp³-hybridized carbons (Fsp3) is 0.531. The van der Waals surface area contributed by atoms with E-state index in [0.29, 0.717) is 13.0 Å². The summed E-state index contributed by atoms with van der Waals surface area (Å²) >= 11 is 2.54. The van der Waals surface area contributed by atoms with Crippen LogP contribution in [0, 0.1) is 5.41 Å². The number of allylic oxidation sites excluding steroid dienone is 1. The SMILES string of the molecule is CC(=O)c1ccccc1[C@H](C[C@]1(OCc2ccccc2)CCC(C)=C(I)C1(C)C)O[Si](C)(C)C(C)(C)C. The lowest BCUT2D eigenvalue weighted by molar-refractivity contribution is -0.146. The molecule has 0 N–H and O–H groups in total. The monoisotopic (exact) mass is 632 g/mol. The summed E-state index contributed by atoms with van der Waals surface area (Å²) in [7, 11) is -2.17. The van der Waals surface area contributed by atoms with Gasteiger partial charge >= 0.3 is 0 Å². The second-order valence-electron chi connectivity index (χ2n) is 12.7. The van der Waals surface area contributed by atoms with Gasteiger partial charge in [-0.15, -0.1) is 0 Å². The number of carbonyl (C=O) groups is 1. The molecule has 37 heavy (non-hydrogen) atoms. The predicted molar refractivity (Wildman–Crippen MR) is 166 cm³/mol. The molecule has 0 amide bonds. The van der Waals surface area contributed by atoms with Crippen molar-refractivity contribution >= 4 is 36.7 Å². The van der Waals surface area contributed by atoms with Crippen LogP contribution in [0.25, 0.3) is 0 Å². The molecule has 0 saturated heterocycles. The minimum Gasteiger partial charge on any atom is -0.410 e. The highest BCUT2D eigenvalue weighted by atomic mass is 127. The van der Waals surface area contributed by atoms with E-state index in [4.69, 9.17) is 9.16 Å². The number of ether oxygens (including phenoxy) is 1. The average molecular weight is 633 g/mol. The molecule has 5 heteroatoms. The molecule has 0 heterocycles. The van der Waals surface area contributed by atoms with E-state index in [-0.39, 0.29) is 22.3 Å². The molecule has 2 atom stereocenters. The van der Waals surface area contributed by atoms with Crippen LogP contribution in [0.5, 0.6) is 0 Å². The van der Waals surface area contributed by atoms with Crippen molar-refractivity contribution in [2.75, 3.05) is 0 Å². The first-order valence-corrected chi connectivity index (χ1v) is 17.4. The molecule has 0 unspecified atom stereocenters. The number of benzene rings is 2. The van der Waals surface area contributed by atoms with Crippen LogP contribution in [-0.2, 0) is 15.8 Å². The lowest BCUT2D eigenvalue weighted by Crippen LogP contribution is -2.52. The number of hydrogen-bond donors (Lipinski definition) is 0. The van der Waals surface area contributed by atoms with Crippen molar-refractivity contribution in [3.05, 3.63) is 80.4 Å². The van der Waals surface area contributed by atoms with Gasteiger partial charge in [-0.1, -0.05) is 94.8 Å². The molecule has 0 spiro atoms.